The molecule has 7 nitrogen and oxygen atoms in total. The number of rotatable bonds is 6. The third-order valence-electron chi connectivity index (χ3n) is 5.52. The molecule has 0 saturated heterocycles. The summed E-state index contributed by atoms with van der Waals surface area (Å²) in [5.74, 6) is -0.127. The van der Waals surface area contributed by atoms with E-state index < -0.39 is 0 Å². The molecule has 1 saturated carbocycles. The number of pyridine rings is 2. The molecule has 3 aromatic rings. The number of nitrogens with zero attached hydrogens (tertiary/aromatic N) is 5. The van der Waals surface area contributed by atoms with Crippen molar-refractivity contribution in [3.8, 4) is 0 Å². The van der Waals surface area contributed by atoms with Gasteiger partial charge in [-0.3, -0.25) is 9.78 Å². The molecule has 0 aromatic carbocycles. The summed E-state index contributed by atoms with van der Waals surface area (Å²) in [5.41, 5.74) is 2.92. The van der Waals surface area contributed by atoms with E-state index in [4.69, 9.17) is 4.74 Å². The lowest BCUT2D eigenvalue weighted by Gasteiger charge is -2.27. The first-order valence-electron chi connectivity index (χ1n) is 9.68. The number of fused-ring (bicyclic) bond motifs is 1. The quantitative estimate of drug-likeness (QED) is 0.656. The van der Waals surface area contributed by atoms with Gasteiger partial charge in [-0.2, -0.15) is 0 Å². The number of hydrogen-bond donors (Lipinski definition) is 0. The molecule has 3 aromatic heterocycles. The van der Waals surface area contributed by atoms with E-state index in [1.54, 1.807) is 31.5 Å². The number of methoxy groups -OCH3 is 1. The fraction of sp³-hybridized carbons (Fsp3) is 0.429. The van der Waals surface area contributed by atoms with Gasteiger partial charge in [-0.25, -0.2) is 9.97 Å². The number of aromatic nitrogens is 4. The first-order valence-corrected chi connectivity index (χ1v) is 9.68. The standard InChI is InChI=1S/C21H25N5O2/c1-25(19(13-28-2)17-9-5-6-10-22-17)21(27)15-11-18-20(23-12-15)26(14-24-18)16-7-3-4-8-16/h5-6,9-12,14,16,19H,3-4,7-8,13H2,1-2H3. The number of carbonyl (C=O) groups is 1. The Kier molecular flexibility index (Phi) is 5.34. The topological polar surface area (TPSA) is 73.1 Å². The van der Waals surface area contributed by atoms with Gasteiger partial charge in [0.1, 0.15) is 5.52 Å². The summed E-state index contributed by atoms with van der Waals surface area (Å²) in [7, 11) is 3.39. The van der Waals surface area contributed by atoms with Crippen molar-refractivity contribution in [3.05, 3.63) is 54.2 Å². The Labute approximate surface area is 164 Å². The molecule has 7 heteroatoms. The minimum absolute atomic E-state index is 0.127. The average Bonchev–Trinajstić information content (AvgIpc) is 3.40. The number of likely N-dealkylation sites (N-methyl/N-ethyl adjacent to an activating group) is 1. The molecule has 1 aliphatic rings. The van der Waals surface area contributed by atoms with Gasteiger partial charge in [-0.1, -0.05) is 18.9 Å². The number of ether oxygens (including phenoxy) is 1. The predicted octanol–water partition coefficient (Wildman–Crippen LogP) is 3.40. The highest BCUT2D eigenvalue weighted by molar-refractivity contribution is 5.96. The van der Waals surface area contributed by atoms with E-state index in [9.17, 15) is 4.79 Å². The maximum absolute atomic E-state index is 13.1. The molecule has 1 atom stereocenters. The van der Waals surface area contributed by atoms with E-state index in [0.717, 1.165) is 16.9 Å². The van der Waals surface area contributed by atoms with Crippen LogP contribution in [-0.4, -0.2) is 51.1 Å². The highest BCUT2D eigenvalue weighted by atomic mass is 16.5. The lowest BCUT2D eigenvalue weighted by Crippen LogP contribution is -2.34. The van der Waals surface area contributed by atoms with Crippen molar-refractivity contribution in [1.82, 2.24) is 24.4 Å². The van der Waals surface area contributed by atoms with Crippen LogP contribution < -0.4 is 0 Å². The average molecular weight is 379 g/mol. The van der Waals surface area contributed by atoms with Gasteiger partial charge in [-0.15, -0.1) is 0 Å². The minimum atomic E-state index is -0.273. The Bertz CT molecular complexity index is 950. The van der Waals surface area contributed by atoms with Crippen LogP contribution in [0.5, 0.6) is 0 Å². The maximum Gasteiger partial charge on any atom is 0.255 e. The van der Waals surface area contributed by atoms with E-state index >= 15 is 0 Å². The zero-order chi connectivity index (χ0) is 19.5. The second kappa shape index (κ2) is 8.06. The molecule has 0 radical (unpaired) electrons. The lowest BCUT2D eigenvalue weighted by atomic mass is 10.1. The Morgan fingerprint density at radius 1 is 1.29 bits per heavy atom. The summed E-state index contributed by atoms with van der Waals surface area (Å²) in [6, 6.07) is 7.69. The van der Waals surface area contributed by atoms with Gasteiger partial charge in [0.05, 0.1) is 30.2 Å². The fourth-order valence-corrected chi connectivity index (χ4v) is 3.96. The molecule has 0 bridgehead atoms. The monoisotopic (exact) mass is 379 g/mol. The van der Waals surface area contributed by atoms with Crippen molar-refractivity contribution in [2.75, 3.05) is 20.8 Å². The van der Waals surface area contributed by atoms with Gasteiger partial charge in [-0.05, 0) is 31.0 Å². The van der Waals surface area contributed by atoms with Gasteiger partial charge in [0.15, 0.2) is 5.65 Å². The number of amides is 1. The van der Waals surface area contributed by atoms with Crippen molar-refractivity contribution < 1.29 is 9.53 Å². The molecule has 3 heterocycles. The Morgan fingerprint density at radius 3 is 2.82 bits per heavy atom. The Morgan fingerprint density at radius 2 is 2.11 bits per heavy atom. The second-order valence-electron chi connectivity index (χ2n) is 7.30. The zero-order valence-electron chi connectivity index (χ0n) is 16.3. The highest BCUT2D eigenvalue weighted by Crippen LogP contribution is 2.31. The van der Waals surface area contributed by atoms with E-state index in [2.05, 4.69) is 19.5 Å². The number of hydrogen-bond acceptors (Lipinski definition) is 5. The van der Waals surface area contributed by atoms with E-state index in [0.29, 0.717) is 18.2 Å². The number of carbonyl (C=O) groups excluding carboxylic acids is 1. The first-order chi connectivity index (χ1) is 13.7. The smallest absolute Gasteiger partial charge is 0.255 e. The molecule has 4 rings (SSSR count). The van der Waals surface area contributed by atoms with Crippen LogP contribution in [0.2, 0.25) is 0 Å². The molecule has 1 amide bonds. The molecule has 1 unspecified atom stereocenters. The Hall–Kier alpha value is -2.80. The third kappa shape index (κ3) is 3.49. The molecule has 0 aliphatic heterocycles. The molecule has 146 valence electrons. The summed E-state index contributed by atoms with van der Waals surface area (Å²) < 4.78 is 7.49. The largest absolute Gasteiger partial charge is 0.382 e. The van der Waals surface area contributed by atoms with Crippen molar-refractivity contribution in [1.29, 1.82) is 0 Å². The molecule has 1 fully saturated rings. The van der Waals surface area contributed by atoms with Gasteiger partial charge in [0, 0.05) is 32.6 Å². The van der Waals surface area contributed by atoms with E-state index in [1.165, 1.54) is 25.7 Å². The summed E-state index contributed by atoms with van der Waals surface area (Å²) in [5, 5.41) is 0. The van der Waals surface area contributed by atoms with Gasteiger partial charge < -0.3 is 14.2 Å². The highest BCUT2D eigenvalue weighted by Gasteiger charge is 2.25. The van der Waals surface area contributed by atoms with Crippen molar-refractivity contribution in [3.63, 3.8) is 0 Å². The minimum Gasteiger partial charge on any atom is -0.382 e. The van der Waals surface area contributed by atoms with Crippen LogP contribution in [0.1, 0.15) is 53.8 Å². The van der Waals surface area contributed by atoms with Crippen LogP contribution in [0.25, 0.3) is 11.2 Å². The molecule has 0 spiro atoms. The molecule has 1 aliphatic carbocycles. The van der Waals surface area contributed by atoms with Gasteiger partial charge in [0.25, 0.3) is 5.91 Å². The van der Waals surface area contributed by atoms with Gasteiger partial charge in [0.2, 0.25) is 0 Å². The lowest BCUT2D eigenvalue weighted by molar-refractivity contribution is 0.0595. The molecular formula is C21H25N5O2. The molecule has 28 heavy (non-hydrogen) atoms. The predicted molar refractivity (Wildman–Crippen MR) is 106 cm³/mol. The summed E-state index contributed by atoms with van der Waals surface area (Å²) in [4.78, 5) is 28.2. The van der Waals surface area contributed by atoms with Crippen LogP contribution in [0.4, 0.5) is 0 Å². The van der Waals surface area contributed by atoms with Crippen LogP contribution in [0.15, 0.2) is 43.0 Å². The molecular weight excluding hydrogens is 354 g/mol. The SMILES string of the molecule is COCC(c1ccccn1)N(C)C(=O)c1cnc2c(c1)ncn2C1CCCC1. The van der Waals surface area contributed by atoms with Crippen LogP contribution in [0, 0.1) is 0 Å². The number of imidazole rings is 1. The van der Waals surface area contributed by atoms with E-state index in [1.807, 2.05) is 30.6 Å². The maximum atomic E-state index is 13.1. The summed E-state index contributed by atoms with van der Waals surface area (Å²) >= 11 is 0. The van der Waals surface area contributed by atoms with Crippen LogP contribution in [0.3, 0.4) is 0 Å². The Balaban J connectivity index is 1.60. The molecule has 0 N–H and O–H groups in total. The van der Waals surface area contributed by atoms with Crippen molar-refractivity contribution in [2.45, 2.75) is 37.8 Å². The second-order valence-corrected chi connectivity index (χ2v) is 7.30. The van der Waals surface area contributed by atoms with Gasteiger partial charge >= 0.3 is 0 Å². The van der Waals surface area contributed by atoms with Crippen LogP contribution >= 0.6 is 0 Å². The first kappa shape index (κ1) is 18.6. The van der Waals surface area contributed by atoms with E-state index in [-0.39, 0.29) is 11.9 Å². The van der Waals surface area contributed by atoms with Crippen LogP contribution in [-0.2, 0) is 4.74 Å². The normalized spacial score (nSPS) is 15.8. The third-order valence-corrected chi connectivity index (χ3v) is 5.52. The van der Waals surface area contributed by atoms with Crippen molar-refractivity contribution in [2.24, 2.45) is 0 Å². The summed E-state index contributed by atoms with van der Waals surface area (Å²) in [6.07, 6.45) is 10.1. The zero-order valence-corrected chi connectivity index (χ0v) is 16.3. The summed E-state index contributed by atoms with van der Waals surface area (Å²) in [6.45, 7) is 0.366. The fourth-order valence-electron chi connectivity index (χ4n) is 3.96. The van der Waals surface area contributed by atoms with Crippen molar-refractivity contribution >= 4 is 17.1 Å².